The highest BCUT2D eigenvalue weighted by Gasteiger charge is 2.12. The Kier molecular flexibility index (Phi) is 7.76. The highest BCUT2D eigenvalue weighted by Crippen LogP contribution is 2.27. The third-order valence-electron chi connectivity index (χ3n) is 3.77. The van der Waals surface area contributed by atoms with Gasteiger partial charge in [0.25, 0.3) is 5.91 Å². The number of nitrogens with one attached hydrogen (secondary N) is 2. The maximum absolute atomic E-state index is 12.1. The van der Waals surface area contributed by atoms with Gasteiger partial charge in [-0.3, -0.25) is 9.59 Å². The molecule has 0 aliphatic heterocycles. The summed E-state index contributed by atoms with van der Waals surface area (Å²) in [7, 11) is 3.14. The fourth-order valence-electron chi connectivity index (χ4n) is 2.37. The van der Waals surface area contributed by atoms with Crippen LogP contribution in [0.15, 0.2) is 36.4 Å². The monoisotopic (exact) mass is 410 g/mol. The zero-order chi connectivity index (χ0) is 19.8. The Hall–Kier alpha value is -2.44. The van der Waals surface area contributed by atoms with Crippen LogP contribution in [0.4, 0.5) is 0 Å². The van der Waals surface area contributed by atoms with Gasteiger partial charge in [-0.25, -0.2) is 0 Å². The van der Waals surface area contributed by atoms with Gasteiger partial charge in [-0.05, 0) is 42.3 Å². The molecule has 2 amide bonds. The predicted octanol–water partition coefficient (Wildman–Crippen LogP) is 3.10. The van der Waals surface area contributed by atoms with Crippen LogP contribution < -0.4 is 20.1 Å². The van der Waals surface area contributed by atoms with E-state index in [9.17, 15) is 9.59 Å². The number of methoxy groups -OCH3 is 2. The number of benzene rings is 2. The molecule has 0 bridgehead atoms. The Morgan fingerprint density at radius 1 is 0.963 bits per heavy atom. The minimum absolute atomic E-state index is 0.149. The lowest BCUT2D eigenvalue weighted by Crippen LogP contribution is -2.37. The van der Waals surface area contributed by atoms with Gasteiger partial charge in [0.2, 0.25) is 5.91 Å². The van der Waals surface area contributed by atoms with Crippen molar-refractivity contribution in [1.29, 1.82) is 0 Å². The van der Waals surface area contributed by atoms with Gasteiger partial charge in [-0.15, -0.1) is 0 Å². The second kappa shape index (κ2) is 10.0. The Morgan fingerprint density at radius 3 is 2.37 bits per heavy atom. The zero-order valence-electron chi connectivity index (χ0n) is 15.0. The highest BCUT2D eigenvalue weighted by molar-refractivity contribution is 6.36. The molecular formula is C19H20Cl2N2O4. The molecule has 0 saturated carbocycles. The third-order valence-corrected chi connectivity index (χ3v) is 4.32. The van der Waals surface area contributed by atoms with Crippen molar-refractivity contribution >= 4 is 35.0 Å². The van der Waals surface area contributed by atoms with Gasteiger partial charge < -0.3 is 20.1 Å². The average Bonchev–Trinajstić information content (AvgIpc) is 2.66. The topological polar surface area (TPSA) is 76.7 Å². The molecule has 8 heteroatoms. The molecular weight excluding hydrogens is 391 g/mol. The van der Waals surface area contributed by atoms with E-state index in [1.807, 2.05) is 18.2 Å². The summed E-state index contributed by atoms with van der Waals surface area (Å²) >= 11 is 11.8. The molecule has 2 rings (SSSR count). The zero-order valence-corrected chi connectivity index (χ0v) is 16.5. The Labute approximate surface area is 167 Å². The Bertz CT molecular complexity index is 827. The van der Waals surface area contributed by atoms with Crippen LogP contribution in [0.1, 0.15) is 15.9 Å². The number of carbonyl (C=O) groups excluding carboxylic acids is 2. The summed E-state index contributed by atoms with van der Waals surface area (Å²) < 4.78 is 10.4. The lowest BCUT2D eigenvalue weighted by Gasteiger charge is -2.10. The number of carbonyl (C=O) groups is 2. The molecule has 27 heavy (non-hydrogen) atoms. The average molecular weight is 411 g/mol. The molecule has 0 fully saturated rings. The van der Waals surface area contributed by atoms with Crippen LogP contribution in [0.3, 0.4) is 0 Å². The molecule has 0 spiro atoms. The van der Waals surface area contributed by atoms with Crippen molar-refractivity contribution in [2.75, 3.05) is 27.3 Å². The van der Waals surface area contributed by atoms with Crippen LogP contribution in [-0.4, -0.2) is 39.1 Å². The van der Waals surface area contributed by atoms with Gasteiger partial charge in [-0.1, -0.05) is 29.3 Å². The number of halogens is 2. The largest absolute Gasteiger partial charge is 0.493 e. The Morgan fingerprint density at radius 2 is 1.70 bits per heavy atom. The molecule has 6 nitrogen and oxygen atoms in total. The summed E-state index contributed by atoms with van der Waals surface area (Å²) in [5.41, 5.74) is 1.25. The smallest absolute Gasteiger partial charge is 0.253 e. The standard InChI is InChI=1S/C19H20Cl2N2O4/c1-26-16-6-3-12(9-17(16)27-2)7-8-22-18(24)11-23-19(25)14-5-4-13(20)10-15(14)21/h3-6,9-10H,7-8,11H2,1-2H3,(H,22,24)(H,23,25). The molecule has 0 heterocycles. The van der Waals surface area contributed by atoms with E-state index in [1.54, 1.807) is 20.3 Å². The summed E-state index contributed by atoms with van der Waals surface area (Å²) in [6, 6.07) is 10.1. The summed E-state index contributed by atoms with van der Waals surface area (Å²) in [6.07, 6.45) is 0.614. The molecule has 0 saturated heterocycles. The van der Waals surface area contributed by atoms with Crippen molar-refractivity contribution in [3.05, 3.63) is 57.6 Å². The van der Waals surface area contributed by atoms with E-state index in [-0.39, 0.29) is 23.0 Å². The number of hydrogen-bond acceptors (Lipinski definition) is 4. The van der Waals surface area contributed by atoms with Crippen LogP contribution in [0.25, 0.3) is 0 Å². The third kappa shape index (κ3) is 6.05. The van der Waals surface area contributed by atoms with Crippen LogP contribution in [0, 0.1) is 0 Å². The first-order chi connectivity index (χ1) is 12.9. The van der Waals surface area contributed by atoms with E-state index in [2.05, 4.69) is 10.6 Å². The molecule has 0 unspecified atom stereocenters. The lowest BCUT2D eigenvalue weighted by molar-refractivity contribution is -0.120. The fourth-order valence-corrected chi connectivity index (χ4v) is 2.87. The van der Waals surface area contributed by atoms with Crippen molar-refractivity contribution in [2.45, 2.75) is 6.42 Å². The second-order valence-electron chi connectivity index (χ2n) is 5.60. The van der Waals surface area contributed by atoms with Crippen LogP contribution >= 0.6 is 23.2 Å². The molecule has 0 aliphatic rings. The summed E-state index contributed by atoms with van der Waals surface area (Å²) in [4.78, 5) is 24.0. The quantitative estimate of drug-likeness (QED) is 0.700. The minimum atomic E-state index is -0.438. The maximum atomic E-state index is 12.1. The van der Waals surface area contributed by atoms with E-state index in [0.29, 0.717) is 29.5 Å². The molecule has 0 aromatic heterocycles. The number of rotatable bonds is 8. The fraction of sp³-hybridized carbons (Fsp3) is 0.263. The van der Waals surface area contributed by atoms with Gasteiger partial charge in [-0.2, -0.15) is 0 Å². The van der Waals surface area contributed by atoms with Crippen LogP contribution in [-0.2, 0) is 11.2 Å². The summed E-state index contributed by atoms with van der Waals surface area (Å²) in [5, 5.41) is 5.94. The summed E-state index contributed by atoms with van der Waals surface area (Å²) in [5.74, 6) is 0.544. The van der Waals surface area contributed by atoms with Gasteiger partial charge in [0.1, 0.15) is 0 Å². The normalized spacial score (nSPS) is 10.2. The van der Waals surface area contributed by atoms with Gasteiger partial charge in [0.05, 0.1) is 31.4 Å². The molecule has 0 atom stereocenters. The lowest BCUT2D eigenvalue weighted by atomic mass is 10.1. The maximum Gasteiger partial charge on any atom is 0.253 e. The molecule has 0 aliphatic carbocycles. The highest BCUT2D eigenvalue weighted by atomic mass is 35.5. The molecule has 2 aromatic rings. The van der Waals surface area contributed by atoms with E-state index < -0.39 is 5.91 Å². The van der Waals surface area contributed by atoms with E-state index in [1.165, 1.54) is 12.1 Å². The molecule has 144 valence electrons. The molecule has 0 radical (unpaired) electrons. The van der Waals surface area contributed by atoms with E-state index >= 15 is 0 Å². The van der Waals surface area contributed by atoms with Crippen molar-refractivity contribution in [3.8, 4) is 11.5 Å². The van der Waals surface area contributed by atoms with E-state index in [4.69, 9.17) is 32.7 Å². The van der Waals surface area contributed by atoms with Crippen LogP contribution in [0.5, 0.6) is 11.5 Å². The summed E-state index contributed by atoms with van der Waals surface area (Å²) in [6.45, 7) is 0.273. The molecule has 2 aromatic carbocycles. The van der Waals surface area contributed by atoms with Gasteiger partial charge in [0.15, 0.2) is 11.5 Å². The van der Waals surface area contributed by atoms with E-state index in [0.717, 1.165) is 5.56 Å². The second-order valence-corrected chi connectivity index (χ2v) is 6.44. The minimum Gasteiger partial charge on any atom is -0.493 e. The van der Waals surface area contributed by atoms with Crippen molar-refractivity contribution in [2.24, 2.45) is 0 Å². The van der Waals surface area contributed by atoms with Gasteiger partial charge >= 0.3 is 0 Å². The Balaban J connectivity index is 1.78. The van der Waals surface area contributed by atoms with Gasteiger partial charge in [0, 0.05) is 11.6 Å². The predicted molar refractivity (Wildman–Crippen MR) is 105 cm³/mol. The number of amides is 2. The first-order valence-electron chi connectivity index (χ1n) is 8.15. The number of hydrogen-bond donors (Lipinski definition) is 2. The molecule has 2 N–H and O–H groups in total. The van der Waals surface area contributed by atoms with Crippen LogP contribution in [0.2, 0.25) is 10.0 Å². The number of ether oxygens (including phenoxy) is 2. The first kappa shape index (κ1) is 20.9. The van der Waals surface area contributed by atoms with Crippen molar-refractivity contribution < 1.29 is 19.1 Å². The SMILES string of the molecule is COc1ccc(CCNC(=O)CNC(=O)c2ccc(Cl)cc2Cl)cc1OC. The van der Waals surface area contributed by atoms with Crippen molar-refractivity contribution in [1.82, 2.24) is 10.6 Å². The first-order valence-corrected chi connectivity index (χ1v) is 8.91. The van der Waals surface area contributed by atoms with Crippen molar-refractivity contribution in [3.63, 3.8) is 0 Å².